The number of oxazole rings is 1. The van der Waals surface area contributed by atoms with Crippen LogP contribution in [0, 0.1) is 18.3 Å². The zero-order chi connectivity index (χ0) is 28.7. The number of fused-ring (bicyclic) bond motifs is 2. The van der Waals surface area contributed by atoms with Crippen molar-refractivity contribution in [1.82, 2.24) is 10.3 Å². The molecule has 1 saturated carbocycles. The summed E-state index contributed by atoms with van der Waals surface area (Å²) < 4.78 is 17.8. The highest BCUT2D eigenvalue weighted by Crippen LogP contribution is 2.49. The van der Waals surface area contributed by atoms with Gasteiger partial charge in [-0.2, -0.15) is 0 Å². The standard InChI is InChI=1S/C31H42N2O7/c1-5-6-8-21-28(36)18(2)38-14-13-30(4)26(40-30)16-22(20-9-10-24-23(15-20)32-19(3)39-24)33-27(35)17-25(34)31(29(21)37)11-7-12-31/h5-6,9-10,15,18,21-22,25-26,28,34,36H,7-8,11-14,16-17H2,1-4H3,(H,33,35)/t18-,21-,22+,25+,26+,28-,30-/m1/s1. The number of allylic oxidation sites excluding steroid dienone is 2. The number of aliphatic hydroxyl groups excluding tert-OH is 2. The highest BCUT2D eigenvalue weighted by molar-refractivity contribution is 5.90. The van der Waals surface area contributed by atoms with Gasteiger partial charge in [0.15, 0.2) is 11.5 Å². The molecule has 7 atom stereocenters. The van der Waals surface area contributed by atoms with E-state index in [2.05, 4.69) is 10.3 Å². The van der Waals surface area contributed by atoms with E-state index in [9.17, 15) is 19.8 Å². The van der Waals surface area contributed by atoms with E-state index in [1.807, 2.05) is 44.2 Å². The molecule has 1 amide bonds. The average molecular weight is 555 g/mol. The summed E-state index contributed by atoms with van der Waals surface area (Å²) in [7, 11) is 0. The van der Waals surface area contributed by atoms with Gasteiger partial charge in [-0.25, -0.2) is 4.98 Å². The van der Waals surface area contributed by atoms with E-state index < -0.39 is 35.2 Å². The van der Waals surface area contributed by atoms with Crippen molar-refractivity contribution < 1.29 is 33.7 Å². The van der Waals surface area contributed by atoms with E-state index in [4.69, 9.17) is 13.9 Å². The predicted molar refractivity (Wildman–Crippen MR) is 148 cm³/mol. The predicted octanol–water partition coefficient (Wildman–Crippen LogP) is 4.08. The maximum atomic E-state index is 14.0. The molecule has 2 aromatic rings. The molecule has 5 rings (SSSR count). The third-order valence-corrected chi connectivity index (χ3v) is 9.33. The van der Waals surface area contributed by atoms with Crippen molar-refractivity contribution in [1.29, 1.82) is 0 Å². The van der Waals surface area contributed by atoms with Gasteiger partial charge in [-0.05, 0) is 57.7 Å². The second-order valence-corrected chi connectivity index (χ2v) is 12.1. The molecule has 3 N–H and O–H groups in total. The van der Waals surface area contributed by atoms with E-state index in [0.717, 1.165) is 12.0 Å². The number of carbonyl (C=O) groups excluding carboxylic acids is 2. The van der Waals surface area contributed by atoms with Gasteiger partial charge in [0.05, 0.1) is 53.8 Å². The van der Waals surface area contributed by atoms with Crippen LogP contribution in [-0.4, -0.2) is 63.5 Å². The van der Waals surface area contributed by atoms with Crippen LogP contribution in [0.1, 0.15) is 83.2 Å². The van der Waals surface area contributed by atoms with Crippen LogP contribution >= 0.6 is 0 Å². The van der Waals surface area contributed by atoms with Gasteiger partial charge in [-0.1, -0.05) is 24.6 Å². The largest absolute Gasteiger partial charge is 0.441 e. The third-order valence-electron chi connectivity index (χ3n) is 9.33. The van der Waals surface area contributed by atoms with E-state index in [0.29, 0.717) is 55.7 Å². The van der Waals surface area contributed by atoms with Crippen LogP contribution in [0.25, 0.3) is 11.1 Å². The number of Topliss-reactive ketones (excluding diaryl/α,β-unsaturated/α-hetero) is 1. The molecule has 1 aromatic carbocycles. The van der Waals surface area contributed by atoms with Crippen LogP contribution in [-0.2, 0) is 19.1 Å². The molecule has 218 valence electrons. The van der Waals surface area contributed by atoms with Crippen molar-refractivity contribution in [2.75, 3.05) is 6.61 Å². The molecule has 2 aliphatic heterocycles. The number of hydrogen-bond acceptors (Lipinski definition) is 8. The van der Waals surface area contributed by atoms with Crippen molar-refractivity contribution in [2.45, 2.75) is 109 Å². The van der Waals surface area contributed by atoms with Gasteiger partial charge in [0.2, 0.25) is 5.91 Å². The van der Waals surface area contributed by atoms with E-state index >= 15 is 0 Å². The summed E-state index contributed by atoms with van der Waals surface area (Å²) >= 11 is 0. The van der Waals surface area contributed by atoms with Crippen LogP contribution in [0.15, 0.2) is 34.8 Å². The van der Waals surface area contributed by atoms with Crippen molar-refractivity contribution in [2.24, 2.45) is 11.3 Å². The first kappa shape index (κ1) is 28.9. The first-order valence-corrected chi connectivity index (χ1v) is 14.5. The maximum absolute atomic E-state index is 14.0. The van der Waals surface area contributed by atoms with Gasteiger partial charge in [0.1, 0.15) is 11.3 Å². The number of ether oxygens (including phenoxy) is 2. The molecule has 0 unspecified atom stereocenters. The Morgan fingerprint density at radius 3 is 2.67 bits per heavy atom. The highest BCUT2D eigenvalue weighted by Gasteiger charge is 2.55. The quantitative estimate of drug-likeness (QED) is 0.382. The summed E-state index contributed by atoms with van der Waals surface area (Å²) in [6.45, 7) is 7.84. The van der Waals surface area contributed by atoms with Gasteiger partial charge < -0.3 is 29.4 Å². The van der Waals surface area contributed by atoms with Crippen molar-refractivity contribution >= 4 is 22.8 Å². The molecule has 2 saturated heterocycles. The summed E-state index contributed by atoms with van der Waals surface area (Å²) in [4.78, 5) is 31.8. The SMILES string of the molecule is CC=CC[C@H]1C(=O)C2(CCC2)[C@@H](O)CC(=O)N[C@H](c2ccc3oc(C)nc3c2)C[C@@H]2O[C@]2(C)CCO[C@H](C)[C@H]1O. The molecule has 9 nitrogen and oxygen atoms in total. The Morgan fingerprint density at radius 2 is 1.98 bits per heavy atom. The summed E-state index contributed by atoms with van der Waals surface area (Å²) in [5.41, 5.74) is 0.788. The van der Waals surface area contributed by atoms with Crippen molar-refractivity contribution in [3.63, 3.8) is 0 Å². The Labute approximate surface area is 235 Å². The third kappa shape index (κ3) is 5.62. The maximum Gasteiger partial charge on any atom is 0.223 e. The topological polar surface area (TPSA) is 134 Å². The van der Waals surface area contributed by atoms with E-state index in [1.165, 1.54) is 0 Å². The Hall–Kier alpha value is -2.59. The van der Waals surface area contributed by atoms with Crippen LogP contribution in [0.5, 0.6) is 0 Å². The number of nitrogens with one attached hydrogen (secondary N) is 1. The lowest BCUT2D eigenvalue weighted by Gasteiger charge is -2.46. The molecule has 40 heavy (non-hydrogen) atoms. The second kappa shape index (κ2) is 11.4. The number of aromatic nitrogens is 1. The molecule has 1 aliphatic carbocycles. The number of epoxide rings is 1. The average Bonchev–Trinajstić information content (AvgIpc) is 3.34. The minimum absolute atomic E-state index is 0.101. The number of benzene rings is 1. The van der Waals surface area contributed by atoms with Crippen molar-refractivity contribution in [3.05, 3.63) is 41.8 Å². The Balaban J connectivity index is 1.44. The van der Waals surface area contributed by atoms with Gasteiger partial charge in [-0.15, -0.1) is 0 Å². The number of rotatable bonds is 3. The lowest BCUT2D eigenvalue weighted by atomic mass is 9.58. The van der Waals surface area contributed by atoms with Gasteiger partial charge in [-0.3, -0.25) is 9.59 Å². The van der Waals surface area contributed by atoms with Gasteiger partial charge >= 0.3 is 0 Å². The first-order chi connectivity index (χ1) is 19.1. The lowest BCUT2D eigenvalue weighted by Crippen LogP contribution is -2.54. The van der Waals surface area contributed by atoms with Crippen molar-refractivity contribution in [3.8, 4) is 0 Å². The summed E-state index contributed by atoms with van der Waals surface area (Å²) in [5.74, 6) is -0.682. The van der Waals surface area contributed by atoms with E-state index in [-0.39, 0.29) is 30.3 Å². The fraction of sp³-hybridized carbons (Fsp3) is 0.645. The Morgan fingerprint density at radius 1 is 1.20 bits per heavy atom. The van der Waals surface area contributed by atoms with Crippen LogP contribution < -0.4 is 5.32 Å². The number of aliphatic hydroxyl groups is 2. The fourth-order valence-corrected chi connectivity index (χ4v) is 6.43. The zero-order valence-corrected chi connectivity index (χ0v) is 23.9. The molecule has 0 radical (unpaired) electrons. The highest BCUT2D eigenvalue weighted by atomic mass is 16.6. The second-order valence-electron chi connectivity index (χ2n) is 12.1. The van der Waals surface area contributed by atoms with E-state index in [1.54, 1.807) is 13.8 Å². The molecule has 3 heterocycles. The number of hydrogen-bond donors (Lipinski definition) is 3. The summed E-state index contributed by atoms with van der Waals surface area (Å²) in [6.07, 6.45) is 3.95. The molecule has 1 aromatic heterocycles. The Kier molecular flexibility index (Phi) is 8.21. The summed E-state index contributed by atoms with van der Waals surface area (Å²) in [5, 5.41) is 25.7. The molecular weight excluding hydrogens is 512 g/mol. The fourth-order valence-electron chi connectivity index (χ4n) is 6.43. The number of nitrogens with zero attached hydrogens (tertiary/aromatic N) is 1. The minimum Gasteiger partial charge on any atom is -0.441 e. The number of amides is 1. The number of aryl methyl sites for hydroxylation is 1. The summed E-state index contributed by atoms with van der Waals surface area (Å²) in [6, 6.07) is 5.31. The monoisotopic (exact) mass is 554 g/mol. The van der Waals surface area contributed by atoms with Gasteiger partial charge in [0.25, 0.3) is 0 Å². The Bertz CT molecular complexity index is 1270. The normalized spacial score (nSPS) is 35.5. The molecule has 9 heteroatoms. The number of ketones is 1. The molecule has 0 bridgehead atoms. The molecule has 1 spiro atoms. The van der Waals surface area contributed by atoms with Crippen LogP contribution in [0.2, 0.25) is 0 Å². The molecule has 3 fully saturated rings. The smallest absolute Gasteiger partial charge is 0.223 e. The minimum atomic E-state index is -1.15. The number of carbonyl (C=O) groups is 2. The zero-order valence-electron chi connectivity index (χ0n) is 23.9. The van der Waals surface area contributed by atoms with Crippen LogP contribution in [0.3, 0.4) is 0 Å². The lowest BCUT2D eigenvalue weighted by molar-refractivity contribution is -0.158. The first-order valence-electron chi connectivity index (χ1n) is 14.5. The molecular formula is C31H42N2O7. The molecule has 3 aliphatic rings. The van der Waals surface area contributed by atoms with Gasteiger partial charge in [0, 0.05) is 26.4 Å². The van der Waals surface area contributed by atoms with Crippen LogP contribution in [0.4, 0.5) is 0 Å².